The molecule has 8 heteroatoms. The number of nitrogens with one attached hydrogen (secondary N) is 2. The molecule has 0 saturated carbocycles. The minimum Gasteiger partial charge on any atom is -0.464 e. The average Bonchev–Trinajstić information content (AvgIpc) is 3.43. The summed E-state index contributed by atoms with van der Waals surface area (Å²) in [4.78, 5) is 44.0. The molecule has 1 aromatic carbocycles. The number of anilines is 1. The Kier molecular flexibility index (Phi) is 4.31. The van der Waals surface area contributed by atoms with Crippen LogP contribution in [-0.4, -0.2) is 46.2 Å². The van der Waals surface area contributed by atoms with Crippen molar-refractivity contribution in [3.05, 3.63) is 72.2 Å². The van der Waals surface area contributed by atoms with Crippen molar-refractivity contribution in [2.45, 2.75) is 18.5 Å². The number of carbonyl (C=O) groups is 3. The summed E-state index contributed by atoms with van der Waals surface area (Å²) in [5, 5.41) is 5.75. The van der Waals surface area contributed by atoms with Crippen molar-refractivity contribution in [2.75, 3.05) is 11.9 Å². The SMILES string of the molecule is O=C(N[C@H]1C[C@H]2C(=O)Nc3ccc(-c4ccco4)cc3C(=O)N2C1)c1cccnc1. The van der Waals surface area contributed by atoms with Gasteiger partial charge in [-0.05, 0) is 48.9 Å². The molecule has 150 valence electrons. The summed E-state index contributed by atoms with van der Waals surface area (Å²) in [6, 6.07) is 11.2. The van der Waals surface area contributed by atoms with Crippen molar-refractivity contribution in [3.8, 4) is 11.3 Å². The predicted octanol–water partition coefficient (Wildman–Crippen LogP) is 2.31. The molecule has 0 spiro atoms. The first-order chi connectivity index (χ1) is 14.6. The van der Waals surface area contributed by atoms with Crippen LogP contribution in [0.3, 0.4) is 0 Å². The third-order valence-corrected chi connectivity index (χ3v) is 5.44. The van der Waals surface area contributed by atoms with Crippen molar-refractivity contribution in [1.82, 2.24) is 15.2 Å². The lowest BCUT2D eigenvalue weighted by atomic mass is 10.1. The Hall–Kier alpha value is -3.94. The maximum Gasteiger partial charge on any atom is 0.256 e. The van der Waals surface area contributed by atoms with Crippen LogP contribution in [0.2, 0.25) is 0 Å². The van der Waals surface area contributed by atoms with Gasteiger partial charge in [-0.15, -0.1) is 0 Å². The number of furan rings is 1. The van der Waals surface area contributed by atoms with E-state index in [-0.39, 0.29) is 30.3 Å². The van der Waals surface area contributed by atoms with Crippen LogP contribution in [0.5, 0.6) is 0 Å². The Morgan fingerprint density at radius 3 is 2.87 bits per heavy atom. The van der Waals surface area contributed by atoms with Gasteiger partial charge in [0.1, 0.15) is 11.8 Å². The molecule has 3 amide bonds. The number of hydrogen-bond acceptors (Lipinski definition) is 5. The van der Waals surface area contributed by atoms with Gasteiger partial charge < -0.3 is 20.0 Å². The maximum atomic E-state index is 13.3. The van der Waals surface area contributed by atoms with Crippen LogP contribution >= 0.6 is 0 Å². The topological polar surface area (TPSA) is 105 Å². The highest BCUT2D eigenvalue weighted by Crippen LogP contribution is 2.32. The van der Waals surface area contributed by atoms with Crippen molar-refractivity contribution in [1.29, 1.82) is 0 Å². The Morgan fingerprint density at radius 1 is 1.20 bits per heavy atom. The summed E-state index contributed by atoms with van der Waals surface area (Å²) in [6.45, 7) is 0.257. The van der Waals surface area contributed by atoms with E-state index in [4.69, 9.17) is 4.42 Å². The van der Waals surface area contributed by atoms with Gasteiger partial charge in [-0.1, -0.05) is 0 Å². The van der Waals surface area contributed by atoms with Gasteiger partial charge in [-0.3, -0.25) is 19.4 Å². The lowest BCUT2D eigenvalue weighted by Crippen LogP contribution is -2.41. The lowest BCUT2D eigenvalue weighted by Gasteiger charge is -2.20. The lowest BCUT2D eigenvalue weighted by molar-refractivity contribution is -0.119. The molecule has 0 unspecified atom stereocenters. The summed E-state index contributed by atoms with van der Waals surface area (Å²) >= 11 is 0. The molecular formula is C22H18N4O4. The van der Waals surface area contributed by atoms with Crippen molar-refractivity contribution < 1.29 is 18.8 Å². The van der Waals surface area contributed by atoms with E-state index in [2.05, 4.69) is 15.6 Å². The fraction of sp³-hybridized carbons (Fsp3) is 0.182. The standard InChI is InChI=1S/C22H18N4O4/c27-20(14-3-1-7-23-11-14)24-15-10-18-21(28)25-17-6-5-13(19-4-2-8-30-19)9-16(17)22(29)26(18)12-15/h1-9,11,15,18H,10,12H2,(H,24,27)(H,25,28)/t15-,18-/m0/s1. The molecule has 3 aromatic rings. The molecule has 2 aliphatic rings. The highest BCUT2D eigenvalue weighted by molar-refractivity contribution is 6.10. The molecule has 5 rings (SSSR count). The molecule has 2 aromatic heterocycles. The highest BCUT2D eigenvalue weighted by Gasteiger charge is 2.43. The van der Waals surface area contributed by atoms with Crippen molar-refractivity contribution in [2.24, 2.45) is 0 Å². The minimum atomic E-state index is -0.642. The fourth-order valence-electron chi connectivity index (χ4n) is 3.98. The van der Waals surface area contributed by atoms with Crippen LogP contribution in [0.1, 0.15) is 27.1 Å². The van der Waals surface area contributed by atoms with Gasteiger partial charge in [-0.2, -0.15) is 0 Å². The number of fused-ring (bicyclic) bond motifs is 2. The van der Waals surface area contributed by atoms with Gasteiger partial charge >= 0.3 is 0 Å². The third kappa shape index (κ3) is 3.12. The zero-order valence-corrected chi connectivity index (χ0v) is 15.9. The Balaban J connectivity index is 1.40. The number of rotatable bonds is 3. The molecule has 4 heterocycles. The molecule has 0 aliphatic carbocycles. The summed E-state index contributed by atoms with van der Waals surface area (Å²) < 4.78 is 5.42. The van der Waals surface area contributed by atoms with Crippen LogP contribution in [0.25, 0.3) is 11.3 Å². The summed E-state index contributed by atoms with van der Waals surface area (Å²) in [5.74, 6) is -0.147. The number of amides is 3. The number of pyridine rings is 1. The number of hydrogen-bond donors (Lipinski definition) is 2. The quantitative estimate of drug-likeness (QED) is 0.700. The number of nitrogens with zero attached hydrogens (tertiary/aromatic N) is 2. The predicted molar refractivity (Wildman–Crippen MR) is 108 cm³/mol. The van der Waals surface area contributed by atoms with E-state index < -0.39 is 6.04 Å². The second-order valence-electron chi connectivity index (χ2n) is 7.35. The largest absolute Gasteiger partial charge is 0.464 e. The van der Waals surface area contributed by atoms with Crippen LogP contribution in [0, 0.1) is 0 Å². The highest BCUT2D eigenvalue weighted by atomic mass is 16.3. The second kappa shape index (κ2) is 7.14. The van der Waals surface area contributed by atoms with E-state index in [1.807, 2.05) is 6.07 Å². The van der Waals surface area contributed by atoms with E-state index in [0.29, 0.717) is 29.0 Å². The number of carbonyl (C=O) groups excluding carboxylic acids is 3. The Morgan fingerprint density at radius 2 is 2.10 bits per heavy atom. The molecule has 2 N–H and O–H groups in total. The first-order valence-corrected chi connectivity index (χ1v) is 9.61. The normalized spacial score (nSPS) is 20.2. The molecule has 2 aliphatic heterocycles. The summed E-state index contributed by atoms with van der Waals surface area (Å²) in [6.07, 6.45) is 4.99. The van der Waals surface area contributed by atoms with Crippen LogP contribution < -0.4 is 10.6 Å². The van der Waals surface area contributed by atoms with Crippen LogP contribution in [-0.2, 0) is 4.79 Å². The Labute approximate surface area is 171 Å². The van der Waals surface area contributed by atoms with Crippen LogP contribution in [0.15, 0.2) is 65.5 Å². The summed E-state index contributed by atoms with van der Waals surface area (Å²) in [5.41, 5.74) is 2.06. The summed E-state index contributed by atoms with van der Waals surface area (Å²) in [7, 11) is 0. The van der Waals surface area contributed by atoms with Gasteiger partial charge in [0.2, 0.25) is 5.91 Å². The van der Waals surface area contributed by atoms with E-state index in [1.54, 1.807) is 48.9 Å². The van der Waals surface area contributed by atoms with Gasteiger partial charge in [0, 0.05) is 30.5 Å². The van der Waals surface area contributed by atoms with Gasteiger partial charge in [0.25, 0.3) is 11.8 Å². The minimum absolute atomic E-state index is 0.250. The van der Waals surface area contributed by atoms with E-state index in [1.165, 1.54) is 11.1 Å². The van der Waals surface area contributed by atoms with E-state index in [0.717, 1.165) is 5.56 Å². The first-order valence-electron chi connectivity index (χ1n) is 9.61. The molecule has 1 saturated heterocycles. The fourth-order valence-corrected chi connectivity index (χ4v) is 3.98. The average molecular weight is 402 g/mol. The van der Waals surface area contributed by atoms with E-state index >= 15 is 0 Å². The van der Waals surface area contributed by atoms with Gasteiger partial charge in [0.15, 0.2) is 0 Å². The first kappa shape index (κ1) is 18.1. The maximum absolute atomic E-state index is 13.3. The smallest absolute Gasteiger partial charge is 0.256 e. The Bertz CT molecular complexity index is 1130. The molecule has 2 atom stereocenters. The van der Waals surface area contributed by atoms with Crippen molar-refractivity contribution >= 4 is 23.4 Å². The van der Waals surface area contributed by atoms with Gasteiger partial charge in [0.05, 0.1) is 23.1 Å². The third-order valence-electron chi connectivity index (χ3n) is 5.44. The van der Waals surface area contributed by atoms with E-state index in [9.17, 15) is 14.4 Å². The second-order valence-corrected chi connectivity index (χ2v) is 7.35. The zero-order chi connectivity index (χ0) is 20.7. The van der Waals surface area contributed by atoms with Crippen molar-refractivity contribution in [3.63, 3.8) is 0 Å². The van der Waals surface area contributed by atoms with Gasteiger partial charge in [-0.25, -0.2) is 0 Å². The molecule has 0 bridgehead atoms. The number of benzene rings is 1. The number of aromatic nitrogens is 1. The van der Waals surface area contributed by atoms with Crippen LogP contribution in [0.4, 0.5) is 5.69 Å². The molecule has 8 nitrogen and oxygen atoms in total. The zero-order valence-electron chi connectivity index (χ0n) is 15.9. The molecular weight excluding hydrogens is 384 g/mol. The molecule has 0 radical (unpaired) electrons. The molecule has 1 fully saturated rings. The monoisotopic (exact) mass is 402 g/mol. The molecule has 30 heavy (non-hydrogen) atoms.